The number of nitrogens with one attached hydrogen (secondary N) is 2. The molecule has 0 saturated carbocycles. The molecule has 2 aromatic carbocycles. The minimum atomic E-state index is -0.308. The van der Waals surface area contributed by atoms with Gasteiger partial charge in [0.25, 0.3) is 0 Å². The van der Waals surface area contributed by atoms with Crippen molar-refractivity contribution in [2.75, 3.05) is 5.32 Å². The summed E-state index contributed by atoms with van der Waals surface area (Å²) < 4.78 is 18.0. The van der Waals surface area contributed by atoms with E-state index in [0.717, 1.165) is 0 Å². The highest BCUT2D eigenvalue weighted by Gasteiger charge is 2.11. The van der Waals surface area contributed by atoms with Crippen molar-refractivity contribution in [3.05, 3.63) is 65.3 Å². The second kappa shape index (κ2) is 7.37. The van der Waals surface area contributed by atoms with Gasteiger partial charge in [-0.05, 0) is 48.6 Å². The molecule has 2 N–H and O–H groups in total. The molecular formula is C16H12ClFN4OS. The summed E-state index contributed by atoms with van der Waals surface area (Å²) in [5.74, 6) is 0.473. The van der Waals surface area contributed by atoms with E-state index < -0.39 is 0 Å². The highest BCUT2D eigenvalue weighted by molar-refractivity contribution is 7.80. The minimum absolute atomic E-state index is 0.254. The number of hydrogen-bond acceptors (Lipinski definition) is 4. The third-order valence-corrected chi connectivity index (χ3v) is 3.66. The van der Waals surface area contributed by atoms with Crippen molar-refractivity contribution in [1.82, 2.24) is 15.5 Å². The van der Waals surface area contributed by atoms with Crippen LogP contribution in [-0.2, 0) is 6.54 Å². The van der Waals surface area contributed by atoms with E-state index in [9.17, 15) is 4.39 Å². The van der Waals surface area contributed by atoms with Gasteiger partial charge in [0.05, 0.1) is 11.6 Å². The van der Waals surface area contributed by atoms with Gasteiger partial charge in [0.1, 0.15) is 5.82 Å². The molecule has 0 amide bonds. The summed E-state index contributed by atoms with van der Waals surface area (Å²) in [6, 6.07) is 13.1. The Morgan fingerprint density at radius 1 is 1.17 bits per heavy atom. The molecule has 3 aromatic rings. The fraction of sp³-hybridized carbons (Fsp3) is 0.0625. The second-order valence-corrected chi connectivity index (χ2v) is 5.62. The van der Waals surface area contributed by atoms with Crippen molar-refractivity contribution >= 4 is 34.6 Å². The van der Waals surface area contributed by atoms with Gasteiger partial charge in [-0.15, -0.1) is 0 Å². The first-order chi connectivity index (χ1) is 11.6. The van der Waals surface area contributed by atoms with E-state index in [4.69, 9.17) is 28.3 Å². The van der Waals surface area contributed by atoms with E-state index in [1.807, 2.05) is 18.2 Å². The van der Waals surface area contributed by atoms with Gasteiger partial charge in [-0.3, -0.25) is 0 Å². The fourth-order valence-corrected chi connectivity index (χ4v) is 2.35. The molecule has 0 radical (unpaired) electrons. The van der Waals surface area contributed by atoms with E-state index in [0.29, 0.717) is 33.1 Å². The van der Waals surface area contributed by atoms with Crippen LogP contribution in [0.4, 0.5) is 10.1 Å². The predicted octanol–water partition coefficient (Wildman–Crippen LogP) is 4.02. The molecule has 1 aromatic heterocycles. The zero-order valence-corrected chi connectivity index (χ0v) is 13.9. The number of thiocarbonyl (C=S) groups is 1. The molecule has 0 bridgehead atoms. The number of hydrogen-bond donors (Lipinski definition) is 2. The summed E-state index contributed by atoms with van der Waals surface area (Å²) >= 11 is 11.3. The van der Waals surface area contributed by atoms with Crippen LogP contribution in [-0.4, -0.2) is 15.3 Å². The minimum Gasteiger partial charge on any atom is -0.353 e. The lowest BCUT2D eigenvalue weighted by Crippen LogP contribution is -2.28. The third kappa shape index (κ3) is 4.06. The molecule has 1 heterocycles. The molecule has 0 atom stereocenters. The molecule has 0 aliphatic heterocycles. The van der Waals surface area contributed by atoms with Crippen molar-refractivity contribution in [3.8, 4) is 11.4 Å². The van der Waals surface area contributed by atoms with Crippen LogP contribution in [0.5, 0.6) is 0 Å². The van der Waals surface area contributed by atoms with Crippen molar-refractivity contribution in [2.24, 2.45) is 0 Å². The summed E-state index contributed by atoms with van der Waals surface area (Å²) in [6.07, 6.45) is 0. The smallest absolute Gasteiger partial charge is 0.246 e. The van der Waals surface area contributed by atoms with Gasteiger partial charge in [0.2, 0.25) is 11.7 Å². The number of benzene rings is 2. The van der Waals surface area contributed by atoms with Crippen LogP contribution < -0.4 is 10.6 Å². The first kappa shape index (κ1) is 16.4. The average Bonchev–Trinajstić information content (AvgIpc) is 3.04. The predicted molar refractivity (Wildman–Crippen MR) is 94.2 cm³/mol. The van der Waals surface area contributed by atoms with Gasteiger partial charge in [0, 0.05) is 11.3 Å². The molecule has 0 aliphatic rings. The molecule has 8 heteroatoms. The van der Waals surface area contributed by atoms with E-state index in [1.165, 1.54) is 12.1 Å². The maximum atomic E-state index is 12.9. The van der Waals surface area contributed by atoms with Gasteiger partial charge in [-0.25, -0.2) is 4.39 Å². The summed E-state index contributed by atoms with van der Waals surface area (Å²) in [5.41, 5.74) is 1.37. The molecule has 24 heavy (non-hydrogen) atoms. The zero-order valence-electron chi connectivity index (χ0n) is 12.3. The van der Waals surface area contributed by atoms with Crippen LogP contribution in [0.2, 0.25) is 5.02 Å². The lowest BCUT2D eigenvalue weighted by Gasteiger charge is -2.08. The van der Waals surface area contributed by atoms with Crippen LogP contribution >= 0.6 is 23.8 Å². The van der Waals surface area contributed by atoms with Crippen LogP contribution in [0.25, 0.3) is 11.4 Å². The first-order valence-electron chi connectivity index (χ1n) is 7.00. The van der Waals surface area contributed by atoms with Crippen LogP contribution in [0.15, 0.2) is 53.1 Å². The Morgan fingerprint density at radius 3 is 2.67 bits per heavy atom. The summed E-state index contributed by atoms with van der Waals surface area (Å²) in [4.78, 5) is 4.27. The monoisotopic (exact) mass is 362 g/mol. The van der Waals surface area contributed by atoms with Gasteiger partial charge in [0.15, 0.2) is 5.11 Å². The normalized spacial score (nSPS) is 10.4. The number of anilines is 1. The van der Waals surface area contributed by atoms with Crippen molar-refractivity contribution < 1.29 is 8.91 Å². The Balaban J connectivity index is 1.58. The largest absolute Gasteiger partial charge is 0.353 e. The maximum Gasteiger partial charge on any atom is 0.246 e. The quantitative estimate of drug-likeness (QED) is 0.684. The lowest BCUT2D eigenvalue weighted by atomic mass is 10.2. The van der Waals surface area contributed by atoms with E-state index in [1.54, 1.807) is 18.2 Å². The van der Waals surface area contributed by atoms with Gasteiger partial charge in [-0.2, -0.15) is 4.98 Å². The Hall–Kier alpha value is -2.51. The topological polar surface area (TPSA) is 63.0 Å². The highest BCUT2D eigenvalue weighted by Crippen LogP contribution is 2.24. The Bertz CT molecular complexity index is 853. The molecule has 0 fully saturated rings. The summed E-state index contributed by atoms with van der Waals surface area (Å²) in [6.45, 7) is 0.254. The molecule has 0 spiro atoms. The molecule has 3 rings (SSSR count). The SMILES string of the molecule is Fc1ccc(NC(=S)NCc2nc(-c3ccccc3Cl)no2)cc1. The first-order valence-corrected chi connectivity index (χ1v) is 7.78. The summed E-state index contributed by atoms with van der Waals surface area (Å²) in [5, 5.41) is 10.7. The Morgan fingerprint density at radius 2 is 1.92 bits per heavy atom. The van der Waals surface area contributed by atoms with Crippen molar-refractivity contribution in [1.29, 1.82) is 0 Å². The van der Waals surface area contributed by atoms with E-state index >= 15 is 0 Å². The molecule has 0 unspecified atom stereocenters. The van der Waals surface area contributed by atoms with Crippen LogP contribution in [0, 0.1) is 5.82 Å². The second-order valence-electron chi connectivity index (χ2n) is 4.81. The average molecular weight is 363 g/mol. The van der Waals surface area contributed by atoms with Gasteiger partial charge < -0.3 is 15.2 Å². The highest BCUT2D eigenvalue weighted by atomic mass is 35.5. The van der Waals surface area contributed by atoms with Crippen LogP contribution in [0.1, 0.15) is 5.89 Å². The standard InChI is InChI=1S/C16H12ClFN4OS/c17-13-4-2-1-3-12(13)15-21-14(23-22-15)9-19-16(24)20-11-7-5-10(18)6-8-11/h1-8H,9H2,(H2,19,20,24). The molecular weight excluding hydrogens is 351 g/mol. The molecule has 5 nitrogen and oxygen atoms in total. The van der Waals surface area contributed by atoms with Gasteiger partial charge in [-0.1, -0.05) is 28.9 Å². The zero-order chi connectivity index (χ0) is 16.9. The lowest BCUT2D eigenvalue weighted by molar-refractivity contribution is 0.376. The molecule has 122 valence electrons. The fourth-order valence-electron chi connectivity index (χ4n) is 1.94. The summed E-state index contributed by atoms with van der Waals surface area (Å²) in [7, 11) is 0. The molecule has 0 saturated heterocycles. The molecule has 0 aliphatic carbocycles. The number of nitrogens with zero attached hydrogens (tertiary/aromatic N) is 2. The van der Waals surface area contributed by atoms with Crippen molar-refractivity contribution in [3.63, 3.8) is 0 Å². The van der Waals surface area contributed by atoms with E-state index in [2.05, 4.69) is 20.8 Å². The van der Waals surface area contributed by atoms with Crippen molar-refractivity contribution in [2.45, 2.75) is 6.54 Å². The number of aromatic nitrogens is 2. The number of halogens is 2. The van der Waals surface area contributed by atoms with Gasteiger partial charge >= 0.3 is 0 Å². The Labute approximate surface area is 147 Å². The maximum absolute atomic E-state index is 12.9. The number of rotatable bonds is 4. The Kier molecular flexibility index (Phi) is 5.02. The third-order valence-electron chi connectivity index (χ3n) is 3.09. The van der Waals surface area contributed by atoms with E-state index in [-0.39, 0.29) is 12.4 Å². The van der Waals surface area contributed by atoms with Crippen LogP contribution in [0.3, 0.4) is 0 Å².